The van der Waals surface area contributed by atoms with E-state index in [2.05, 4.69) is 44.3 Å². The van der Waals surface area contributed by atoms with Crippen LogP contribution in [0.1, 0.15) is 27.8 Å². The van der Waals surface area contributed by atoms with Crippen molar-refractivity contribution in [3.63, 3.8) is 0 Å². The fourth-order valence-corrected chi connectivity index (χ4v) is 3.26. The van der Waals surface area contributed by atoms with Gasteiger partial charge in [0.25, 0.3) is 0 Å². The first-order valence-electron chi connectivity index (χ1n) is 6.58. The number of nitrogens with one attached hydrogen (secondary N) is 1. The molecule has 0 aliphatic heterocycles. The van der Waals surface area contributed by atoms with Crippen LogP contribution in [-0.2, 0) is 13.0 Å². The Kier molecular flexibility index (Phi) is 5.03. The SMILES string of the molecule is Cc1cc(CNC(C)Cc2ccc(Cl)cc2)c(C)s1. The van der Waals surface area contributed by atoms with Crippen LogP contribution in [0.2, 0.25) is 5.02 Å². The van der Waals surface area contributed by atoms with Gasteiger partial charge in [-0.25, -0.2) is 0 Å². The van der Waals surface area contributed by atoms with Gasteiger partial charge in [-0.05, 0) is 56.5 Å². The summed E-state index contributed by atoms with van der Waals surface area (Å²) in [5, 5.41) is 4.39. The van der Waals surface area contributed by atoms with Gasteiger partial charge in [0.15, 0.2) is 0 Å². The summed E-state index contributed by atoms with van der Waals surface area (Å²) in [6.45, 7) is 7.53. The van der Waals surface area contributed by atoms with Crippen molar-refractivity contribution in [1.29, 1.82) is 0 Å². The van der Waals surface area contributed by atoms with E-state index in [1.54, 1.807) is 0 Å². The highest BCUT2D eigenvalue weighted by Gasteiger charge is 2.06. The summed E-state index contributed by atoms with van der Waals surface area (Å²) in [6.07, 6.45) is 1.03. The van der Waals surface area contributed by atoms with Crippen LogP contribution < -0.4 is 5.32 Å². The number of hydrogen-bond donors (Lipinski definition) is 1. The molecule has 1 aromatic heterocycles. The quantitative estimate of drug-likeness (QED) is 0.839. The van der Waals surface area contributed by atoms with Crippen molar-refractivity contribution >= 4 is 22.9 Å². The zero-order valence-corrected chi connectivity index (χ0v) is 13.2. The summed E-state index contributed by atoms with van der Waals surface area (Å²) >= 11 is 7.77. The van der Waals surface area contributed by atoms with Crippen molar-refractivity contribution in [3.05, 3.63) is 56.2 Å². The molecule has 102 valence electrons. The molecule has 0 fully saturated rings. The first-order chi connectivity index (χ1) is 9.04. The molecular formula is C16H20ClNS. The van der Waals surface area contributed by atoms with E-state index in [4.69, 9.17) is 11.6 Å². The average molecular weight is 294 g/mol. The summed E-state index contributed by atoms with van der Waals surface area (Å²) in [6, 6.07) is 10.8. The maximum absolute atomic E-state index is 5.89. The van der Waals surface area contributed by atoms with Crippen molar-refractivity contribution in [2.75, 3.05) is 0 Å². The lowest BCUT2D eigenvalue weighted by molar-refractivity contribution is 0.545. The second-order valence-corrected chi connectivity index (χ2v) is 6.95. The molecule has 0 bridgehead atoms. The molecule has 1 unspecified atom stereocenters. The van der Waals surface area contributed by atoms with Gasteiger partial charge in [0, 0.05) is 27.4 Å². The summed E-state index contributed by atoms with van der Waals surface area (Å²) in [5.74, 6) is 0. The number of halogens is 1. The predicted molar refractivity (Wildman–Crippen MR) is 85.3 cm³/mol. The van der Waals surface area contributed by atoms with E-state index in [1.165, 1.54) is 20.9 Å². The third kappa shape index (κ3) is 4.34. The topological polar surface area (TPSA) is 12.0 Å². The van der Waals surface area contributed by atoms with E-state index in [1.807, 2.05) is 23.5 Å². The molecule has 0 aliphatic rings. The number of aryl methyl sites for hydroxylation is 2. The van der Waals surface area contributed by atoms with Crippen LogP contribution >= 0.6 is 22.9 Å². The summed E-state index contributed by atoms with van der Waals surface area (Å²) < 4.78 is 0. The molecule has 1 N–H and O–H groups in total. The molecule has 1 atom stereocenters. The Morgan fingerprint density at radius 3 is 2.47 bits per heavy atom. The minimum Gasteiger partial charge on any atom is -0.310 e. The van der Waals surface area contributed by atoms with Crippen molar-refractivity contribution in [3.8, 4) is 0 Å². The van der Waals surface area contributed by atoms with E-state index < -0.39 is 0 Å². The first kappa shape index (κ1) is 14.6. The molecule has 2 aromatic rings. The van der Waals surface area contributed by atoms with Crippen LogP contribution in [-0.4, -0.2) is 6.04 Å². The average Bonchev–Trinajstić information content (AvgIpc) is 2.68. The van der Waals surface area contributed by atoms with Gasteiger partial charge in [-0.2, -0.15) is 0 Å². The highest BCUT2D eigenvalue weighted by atomic mass is 35.5. The Labute approximate surface area is 124 Å². The molecule has 2 rings (SSSR count). The number of hydrogen-bond acceptors (Lipinski definition) is 2. The third-order valence-corrected chi connectivity index (χ3v) is 4.50. The standard InChI is InChI=1S/C16H20ClNS/c1-11(8-14-4-6-16(17)7-5-14)18-10-15-9-12(2)19-13(15)3/h4-7,9,11,18H,8,10H2,1-3H3. The second-order valence-electron chi connectivity index (χ2n) is 5.05. The Hall–Kier alpha value is -0.830. The molecule has 0 amide bonds. The highest BCUT2D eigenvalue weighted by molar-refractivity contribution is 7.12. The molecule has 1 nitrogen and oxygen atoms in total. The zero-order chi connectivity index (χ0) is 13.8. The van der Waals surface area contributed by atoms with E-state index in [0.717, 1.165) is 18.0 Å². The minimum absolute atomic E-state index is 0.459. The molecule has 3 heteroatoms. The first-order valence-corrected chi connectivity index (χ1v) is 7.78. The van der Waals surface area contributed by atoms with Gasteiger partial charge < -0.3 is 5.32 Å². The fourth-order valence-electron chi connectivity index (χ4n) is 2.19. The molecule has 19 heavy (non-hydrogen) atoms. The molecule has 1 heterocycles. The van der Waals surface area contributed by atoms with Crippen LogP contribution in [0.4, 0.5) is 0 Å². The number of benzene rings is 1. The Bertz CT molecular complexity index is 530. The molecule has 1 aromatic carbocycles. The second kappa shape index (κ2) is 6.56. The number of thiophene rings is 1. The van der Waals surface area contributed by atoms with E-state index in [-0.39, 0.29) is 0 Å². The normalized spacial score (nSPS) is 12.6. The molecule has 0 saturated heterocycles. The summed E-state index contributed by atoms with van der Waals surface area (Å²) in [7, 11) is 0. The largest absolute Gasteiger partial charge is 0.310 e. The van der Waals surface area contributed by atoms with Gasteiger partial charge >= 0.3 is 0 Å². The lowest BCUT2D eigenvalue weighted by atomic mass is 10.1. The van der Waals surface area contributed by atoms with E-state index in [0.29, 0.717) is 6.04 Å². The maximum atomic E-state index is 5.89. The van der Waals surface area contributed by atoms with Crippen LogP contribution in [0.15, 0.2) is 30.3 Å². The third-order valence-electron chi connectivity index (χ3n) is 3.24. The molecule has 0 spiro atoms. The maximum Gasteiger partial charge on any atom is 0.0406 e. The van der Waals surface area contributed by atoms with Crippen LogP contribution in [0, 0.1) is 13.8 Å². The van der Waals surface area contributed by atoms with Crippen molar-refractivity contribution < 1.29 is 0 Å². The van der Waals surface area contributed by atoms with Crippen LogP contribution in [0.5, 0.6) is 0 Å². The Morgan fingerprint density at radius 1 is 1.21 bits per heavy atom. The van der Waals surface area contributed by atoms with E-state index in [9.17, 15) is 0 Å². The molecule has 0 saturated carbocycles. The predicted octanol–water partition coefficient (Wildman–Crippen LogP) is 4.74. The van der Waals surface area contributed by atoms with Crippen LogP contribution in [0.3, 0.4) is 0 Å². The van der Waals surface area contributed by atoms with Crippen molar-refractivity contribution in [1.82, 2.24) is 5.32 Å². The van der Waals surface area contributed by atoms with Gasteiger partial charge in [-0.15, -0.1) is 11.3 Å². The van der Waals surface area contributed by atoms with Gasteiger partial charge in [0.05, 0.1) is 0 Å². The van der Waals surface area contributed by atoms with Gasteiger partial charge in [0.2, 0.25) is 0 Å². The van der Waals surface area contributed by atoms with Crippen molar-refractivity contribution in [2.24, 2.45) is 0 Å². The molecule has 0 aliphatic carbocycles. The smallest absolute Gasteiger partial charge is 0.0406 e. The minimum atomic E-state index is 0.459. The van der Waals surface area contributed by atoms with Crippen LogP contribution in [0.25, 0.3) is 0 Å². The fraction of sp³-hybridized carbons (Fsp3) is 0.375. The Balaban J connectivity index is 1.86. The molecular weight excluding hydrogens is 274 g/mol. The Morgan fingerprint density at radius 2 is 1.89 bits per heavy atom. The van der Waals surface area contributed by atoms with Gasteiger partial charge in [-0.3, -0.25) is 0 Å². The summed E-state index contributed by atoms with van der Waals surface area (Å²) in [5.41, 5.74) is 2.74. The molecule has 0 radical (unpaired) electrons. The number of rotatable bonds is 5. The monoisotopic (exact) mass is 293 g/mol. The van der Waals surface area contributed by atoms with Crippen molar-refractivity contribution in [2.45, 2.75) is 39.8 Å². The zero-order valence-electron chi connectivity index (χ0n) is 11.7. The van der Waals surface area contributed by atoms with Gasteiger partial charge in [-0.1, -0.05) is 23.7 Å². The lowest BCUT2D eigenvalue weighted by Gasteiger charge is -2.14. The van der Waals surface area contributed by atoms with E-state index >= 15 is 0 Å². The summed E-state index contributed by atoms with van der Waals surface area (Å²) in [4.78, 5) is 2.81. The lowest BCUT2D eigenvalue weighted by Crippen LogP contribution is -2.27. The highest BCUT2D eigenvalue weighted by Crippen LogP contribution is 2.20. The van der Waals surface area contributed by atoms with Gasteiger partial charge in [0.1, 0.15) is 0 Å².